The summed E-state index contributed by atoms with van der Waals surface area (Å²) in [5.74, 6) is 0.597. The Balaban J connectivity index is 1.76. The summed E-state index contributed by atoms with van der Waals surface area (Å²) in [6.45, 7) is 6.56. The summed E-state index contributed by atoms with van der Waals surface area (Å²) in [6, 6.07) is 5.59. The number of nitro benzene ring substituents is 1. The van der Waals surface area contributed by atoms with E-state index in [9.17, 15) is 14.9 Å². The van der Waals surface area contributed by atoms with Crippen molar-refractivity contribution in [3.63, 3.8) is 0 Å². The van der Waals surface area contributed by atoms with E-state index in [1.54, 1.807) is 0 Å². The molecule has 3 rings (SSSR count). The van der Waals surface area contributed by atoms with Crippen molar-refractivity contribution in [3.05, 3.63) is 39.9 Å². The molecule has 1 aromatic rings. The second-order valence-electron chi connectivity index (χ2n) is 7.36. The molecule has 118 valence electrons. The summed E-state index contributed by atoms with van der Waals surface area (Å²) in [5.41, 5.74) is 0.131. The number of rotatable bonds is 3. The number of hydrogen-bond donors (Lipinski definition) is 0. The Morgan fingerprint density at radius 1 is 1.23 bits per heavy atom. The zero-order valence-corrected chi connectivity index (χ0v) is 13.2. The Labute approximate surface area is 129 Å². The summed E-state index contributed by atoms with van der Waals surface area (Å²) in [5, 5.41) is 10.7. The van der Waals surface area contributed by atoms with Crippen molar-refractivity contribution in [1.29, 1.82) is 0 Å². The molecular weight excluding hydrogens is 282 g/mol. The van der Waals surface area contributed by atoms with E-state index in [1.165, 1.54) is 30.7 Å². The van der Waals surface area contributed by atoms with Gasteiger partial charge in [0.25, 0.3) is 5.69 Å². The summed E-state index contributed by atoms with van der Waals surface area (Å²) in [7, 11) is 0. The third kappa shape index (κ3) is 2.19. The minimum Gasteiger partial charge on any atom is -0.455 e. The molecule has 22 heavy (non-hydrogen) atoms. The van der Waals surface area contributed by atoms with Crippen LogP contribution in [0.1, 0.15) is 50.4 Å². The minimum absolute atomic E-state index is 0.0242. The molecule has 0 aliphatic heterocycles. The highest BCUT2D eigenvalue weighted by Crippen LogP contribution is 2.63. The zero-order chi connectivity index (χ0) is 16.1. The molecule has 0 saturated heterocycles. The summed E-state index contributed by atoms with van der Waals surface area (Å²) < 4.78 is 5.85. The molecule has 5 heteroatoms. The lowest BCUT2D eigenvalue weighted by Crippen LogP contribution is -2.39. The van der Waals surface area contributed by atoms with Crippen LogP contribution in [0.3, 0.4) is 0 Å². The molecule has 5 nitrogen and oxygen atoms in total. The molecule has 0 spiro atoms. The fourth-order valence-corrected chi connectivity index (χ4v) is 4.59. The molecule has 0 amide bonds. The smallest absolute Gasteiger partial charge is 0.338 e. The normalized spacial score (nSPS) is 32.0. The van der Waals surface area contributed by atoms with Gasteiger partial charge >= 0.3 is 5.97 Å². The van der Waals surface area contributed by atoms with Crippen molar-refractivity contribution in [2.75, 3.05) is 0 Å². The van der Waals surface area contributed by atoms with Crippen LogP contribution in [-0.2, 0) is 4.74 Å². The number of non-ortho nitro benzene ring substituents is 1. The molecule has 0 heterocycles. The van der Waals surface area contributed by atoms with Crippen LogP contribution in [-0.4, -0.2) is 16.5 Å². The van der Waals surface area contributed by atoms with E-state index in [-0.39, 0.29) is 17.1 Å². The minimum atomic E-state index is -0.477. The lowest BCUT2D eigenvalue weighted by Gasteiger charge is -2.35. The predicted molar refractivity (Wildman–Crippen MR) is 81.5 cm³/mol. The molecule has 2 saturated carbocycles. The zero-order valence-electron chi connectivity index (χ0n) is 13.2. The number of nitro groups is 1. The van der Waals surface area contributed by atoms with Gasteiger partial charge in [0.15, 0.2) is 0 Å². The molecule has 2 bridgehead atoms. The summed E-state index contributed by atoms with van der Waals surface area (Å²) in [6.07, 6.45) is 3.22. The van der Waals surface area contributed by atoms with Crippen LogP contribution in [0.2, 0.25) is 0 Å². The van der Waals surface area contributed by atoms with Gasteiger partial charge in [0.1, 0.15) is 5.60 Å². The molecule has 2 aliphatic carbocycles. The third-order valence-electron chi connectivity index (χ3n) is 5.78. The summed E-state index contributed by atoms with van der Waals surface area (Å²) in [4.78, 5) is 22.6. The average Bonchev–Trinajstić information content (AvgIpc) is 2.83. The Morgan fingerprint density at radius 3 is 2.32 bits per heavy atom. The van der Waals surface area contributed by atoms with E-state index >= 15 is 0 Å². The quantitative estimate of drug-likeness (QED) is 0.481. The highest BCUT2D eigenvalue weighted by atomic mass is 16.6. The first-order chi connectivity index (χ1) is 10.2. The first kappa shape index (κ1) is 15.0. The first-order valence-corrected chi connectivity index (χ1v) is 7.72. The maximum Gasteiger partial charge on any atom is 0.338 e. The first-order valence-electron chi connectivity index (χ1n) is 7.72. The van der Waals surface area contributed by atoms with Crippen LogP contribution < -0.4 is 0 Å². The van der Waals surface area contributed by atoms with Crippen molar-refractivity contribution in [2.45, 2.75) is 45.6 Å². The van der Waals surface area contributed by atoms with Crippen molar-refractivity contribution >= 4 is 11.7 Å². The van der Waals surface area contributed by atoms with Crippen molar-refractivity contribution < 1.29 is 14.5 Å². The van der Waals surface area contributed by atoms with Crippen molar-refractivity contribution in [2.24, 2.45) is 17.3 Å². The third-order valence-corrected chi connectivity index (χ3v) is 5.78. The van der Waals surface area contributed by atoms with Crippen LogP contribution in [0.5, 0.6) is 0 Å². The molecule has 0 unspecified atom stereocenters. The molecule has 2 aliphatic rings. The van der Waals surface area contributed by atoms with Gasteiger partial charge in [0, 0.05) is 18.1 Å². The molecular formula is C17H21NO4. The average molecular weight is 303 g/mol. The lowest BCUT2D eigenvalue weighted by atomic mass is 9.79. The number of esters is 1. The SMILES string of the molecule is CC1(C)[C@@H]2CC[C@H]1[C@](C)(OC(=O)c1ccc([N+](=O)[O-])cc1)C2. The Bertz CT molecular complexity index is 622. The molecule has 0 N–H and O–H groups in total. The number of fused-ring (bicyclic) bond motifs is 2. The number of benzene rings is 1. The van der Waals surface area contributed by atoms with E-state index in [1.807, 2.05) is 6.92 Å². The van der Waals surface area contributed by atoms with Gasteiger partial charge in [-0.3, -0.25) is 10.1 Å². The van der Waals surface area contributed by atoms with Gasteiger partial charge in [0.2, 0.25) is 0 Å². The topological polar surface area (TPSA) is 69.4 Å². The van der Waals surface area contributed by atoms with Gasteiger partial charge in [-0.1, -0.05) is 13.8 Å². The number of ether oxygens (including phenoxy) is 1. The van der Waals surface area contributed by atoms with Crippen molar-refractivity contribution in [1.82, 2.24) is 0 Å². The Hall–Kier alpha value is -1.91. The number of nitrogens with zero attached hydrogens (tertiary/aromatic N) is 1. The molecule has 0 aromatic heterocycles. The predicted octanol–water partition coefficient (Wildman–Crippen LogP) is 3.97. The van der Waals surface area contributed by atoms with E-state index in [4.69, 9.17) is 4.74 Å². The Kier molecular flexibility index (Phi) is 3.27. The fraction of sp³-hybridized carbons (Fsp3) is 0.588. The van der Waals surface area contributed by atoms with Crippen LogP contribution in [0, 0.1) is 27.4 Å². The van der Waals surface area contributed by atoms with Gasteiger partial charge in [-0.15, -0.1) is 0 Å². The van der Waals surface area contributed by atoms with E-state index in [0.717, 1.165) is 12.8 Å². The van der Waals surface area contributed by atoms with E-state index < -0.39 is 10.5 Å². The monoisotopic (exact) mass is 303 g/mol. The van der Waals surface area contributed by atoms with Crippen LogP contribution in [0.15, 0.2) is 24.3 Å². The van der Waals surface area contributed by atoms with E-state index in [0.29, 0.717) is 17.4 Å². The van der Waals surface area contributed by atoms with Crippen LogP contribution >= 0.6 is 0 Å². The standard InChI is InChI=1S/C17H21NO4/c1-16(2)12-6-9-14(16)17(3,10-12)22-15(19)11-4-7-13(8-5-11)18(20)21/h4-5,7-8,12,14H,6,9-10H2,1-3H3/t12-,14-,17-/m1/s1. The van der Waals surface area contributed by atoms with Gasteiger partial charge in [-0.25, -0.2) is 4.79 Å². The number of carbonyl (C=O) groups excluding carboxylic acids is 1. The van der Waals surface area contributed by atoms with Gasteiger partial charge in [-0.2, -0.15) is 0 Å². The summed E-state index contributed by atoms with van der Waals surface area (Å²) >= 11 is 0. The van der Waals surface area contributed by atoms with Gasteiger partial charge < -0.3 is 4.74 Å². The maximum atomic E-state index is 12.4. The number of carbonyl (C=O) groups is 1. The van der Waals surface area contributed by atoms with Gasteiger partial charge in [-0.05, 0) is 49.7 Å². The molecule has 2 fully saturated rings. The van der Waals surface area contributed by atoms with E-state index in [2.05, 4.69) is 13.8 Å². The van der Waals surface area contributed by atoms with Crippen LogP contribution in [0.25, 0.3) is 0 Å². The van der Waals surface area contributed by atoms with Crippen molar-refractivity contribution in [3.8, 4) is 0 Å². The molecule has 1 aromatic carbocycles. The lowest BCUT2D eigenvalue weighted by molar-refractivity contribution is -0.384. The van der Waals surface area contributed by atoms with Crippen LogP contribution in [0.4, 0.5) is 5.69 Å². The highest BCUT2D eigenvalue weighted by Gasteiger charge is 2.61. The Morgan fingerprint density at radius 2 is 1.86 bits per heavy atom. The number of hydrogen-bond acceptors (Lipinski definition) is 4. The largest absolute Gasteiger partial charge is 0.455 e. The maximum absolute atomic E-state index is 12.4. The molecule has 3 atom stereocenters. The second kappa shape index (κ2) is 4.80. The fourth-order valence-electron chi connectivity index (χ4n) is 4.59. The second-order valence-corrected chi connectivity index (χ2v) is 7.36. The molecule has 0 radical (unpaired) electrons. The van der Waals surface area contributed by atoms with Gasteiger partial charge in [0.05, 0.1) is 10.5 Å². The highest BCUT2D eigenvalue weighted by molar-refractivity contribution is 5.90.